The van der Waals surface area contributed by atoms with Crippen LogP contribution in [0.15, 0.2) is 46.2 Å². The van der Waals surface area contributed by atoms with Crippen LogP contribution < -0.4 is 15.1 Å². The second kappa shape index (κ2) is 14.6. The van der Waals surface area contributed by atoms with Gasteiger partial charge >= 0.3 is 0 Å². The number of nitrogens with one attached hydrogen (secondary N) is 1. The molecule has 0 atom stereocenters. The van der Waals surface area contributed by atoms with Crippen LogP contribution in [0.3, 0.4) is 0 Å². The first kappa shape index (κ1) is 26.8. The number of hydrogen-bond acceptors (Lipinski definition) is 4. The summed E-state index contributed by atoms with van der Waals surface area (Å²) in [7, 11) is 0. The summed E-state index contributed by atoms with van der Waals surface area (Å²) in [6.07, 6.45) is 12.7. The molecule has 2 aromatic rings. The van der Waals surface area contributed by atoms with Crippen LogP contribution in [0.5, 0.6) is 0 Å². The Morgan fingerprint density at radius 2 is 0.971 bits per heavy atom. The van der Waals surface area contributed by atoms with E-state index in [1.165, 1.54) is 110 Å². The molecular formula is C30H47N3S. The van der Waals surface area contributed by atoms with Crippen LogP contribution in [-0.2, 0) is 0 Å². The quantitative estimate of drug-likeness (QED) is 0.205. The zero-order valence-electron chi connectivity index (χ0n) is 22.2. The Labute approximate surface area is 213 Å². The molecule has 0 fully saturated rings. The van der Waals surface area contributed by atoms with Crippen molar-refractivity contribution >= 4 is 34.5 Å². The van der Waals surface area contributed by atoms with Crippen LogP contribution in [0.2, 0.25) is 0 Å². The van der Waals surface area contributed by atoms with Crippen LogP contribution >= 0.6 is 11.8 Å². The molecule has 0 saturated carbocycles. The highest BCUT2D eigenvalue weighted by Crippen LogP contribution is 2.46. The second-order valence-electron chi connectivity index (χ2n) is 9.68. The lowest BCUT2D eigenvalue weighted by molar-refractivity contribution is 0.636. The molecule has 0 aliphatic carbocycles. The van der Waals surface area contributed by atoms with E-state index in [9.17, 15) is 0 Å². The predicted molar refractivity (Wildman–Crippen MR) is 154 cm³/mol. The molecule has 0 amide bonds. The number of benzene rings is 2. The van der Waals surface area contributed by atoms with Crippen molar-refractivity contribution in [3.8, 4) is 0 Å². The lowest BCUT2D eigenvalue weighted by atomic mass is 10.1. The van der Waals surface area contributed by atoms with E-state index in [2.05, 4.69) is 79.2 Å². The summed E-state index contributed by atoms with van der Waals surface area (Å²) in [4.78, 5) is 7.91. The van der Waals surface area contributed by atoms with Crippen LogP contribution in [-0.4, -0.2) is 26.2 Å². The zero-order chi connectivity index (χ0) is 24.2. The van der Waals surface area contributed by atoms with Gasteiger partial charge in [0, 0.05) is 47.3 Å². The summed E-state index contributed by atoms with van der Waals surface area (Å²) in [5, 5.41) is 3.71. The Bertz CT molecular complexity index is 848. The molecular weight excluding hydrogens is 434 g/mol. The van der Waals surface area contributed by atoms with Crippen molar-refractivity contribution in [3.05, 3.63) is 36.4 Å². The first-order valence-corrected chi connectivity index (χ1v) is 14.7. The van der Waals surface area contributed by atoms with Crippen molar-refractivity contribution in [1.29, 1.82) is 0 Å². The van der Waals surface area contributed by atoms with Gasteiger partial charge in [0.25, 0.3) is 0 Å². The average molecular weight is 482 g/mol. The maximum atomic E-state index is 3.71. The molecule has 3 rings (SSSR count). The van der Waals surface area contributed by atoms with Gasteiger partial charge in [-0.15, -0.1) is 0 Å². The molecule has 0 bridgehead atoms. The first-order valence-electron chi connectivity index (χ1n) is 13.9. The number of hydrogen-bond donors (Lipinski definition) is 1. The molecule has 188 valence electrons. The lowest BCUT2D eigenvalue weighted by Gasteiger charge is -2.29. The van der Waals surface area contributed by atoms with Gasteiger partial charge in [-0.2, -0.15) is 0 Å². The fourth-order valence-electron chi connectivity index (χ4n) is 4.60. The topological polar surface area (TPSA) is 18.5 Å². The molecule has 0 saturated heterocycles. The highest BCUT2D eigenvalue weighted by Gasteiger charge is 2.19. The van der Waals surface area contributed by atoms with Crippen molar-refractivity contribution in [2.75, 3.05) is 41.3 Å². The van der Waals surface area contributed by atoms with E-state index < -0.39 is 0 Å². The molecule has 3 nitrogen and oxygen atoms in total. The van der Waals surface area contributed by atoms with Crippen LogP contribution in [0.4, 0.5) is 22.7 Å². The van der Waals surface area contributed by atoms with E-state index in [1.54, 1.807) is 0 Å². The Hall–Kier alpha value is -1.81. The molecule has 0 aromatic heterocycles. The van der Waals surface area contributed by atoms with Gasteiger partial charge in [-0.1, -0.05) is 78.0 Å². The molecule has 34 heavy (non-hydrogen) atoms. The van der Waals surface area contributed by atoms with Crippen molar-refractivity contribution < 1.29 is 0 Å². The minimum Gasteiger partial charge on any atom is -0.372 e. The monoisotopic (exact) mass is 481 g/mol. The predicted octanol–water partition coefficient (Wildman–Crippen LogP) is 9.49. The standard InChI is InChI=1S/C30H47N3S/c1-5-9-13-21-33(22-14-10-6-2)26-16-18-28-30(24-26)34-29-23-25(15-17-27(29)31-28)32(19-11-7-3)20-12-8-4/h15-18,23-24,31H,5-14,19-22H2,1-4H3. The first-order chi connectivity index (χ1) is 16.7. The van der Waals surface area contributed by atoms with Gasteiger partial charge in [0.2, 0.25) is 0 Å². The third-order valence-electron chi connectivity index (χ3n) is 6.78. The van der Waals surface area contributed by atoms with Gasteiger partial charge in [0.1, 0.15) is 0 Å². The number of nitrogens with zero attached hydrogens (tertiary/aromatic N) is 2. The van der Waals surface area contributed by atoms with Crippen molar-refractivity contribution in [2.24, 2.45) is 0 Å². The fourth-order valence-corrected chi connectivity index (χ4v) is 5.65. The minimum atomic E-state index is 1.15. The van der Waals surface area contributed by atoms with Gasteiger partial charge in [-0.05, 0) is 62.1 Å². The molecule has 1 N–H and O–H groups in total. The molecule has 0 spiro atoms. The average Bonchev–Trinajstić information content (AvgIpc) is 2.86. The Morgan fingerprint density at radius 3 is 1.38 bits per heavy atom. The molecule has 1 aliphatic heterocycles. The molecule has 4 heteroatoms. The largest absolute Gasteiger partial charge is 0.372 e. The summed E-state index contributed by atoms with van der Waals surface area (Å²) >= 11 is 1.93. The third-order valence-corrected chi connectivity index (χ3v) is 7.89. The second-order valence-corrected chi connectivity index (χ2v) is 10.8. The Balaban J connectivity index is 1.78. The number of rotatable bonds is 16. The maximum Gasteiger partial charge on any atom is 0.0527 e. The zero-order valence-corrected chi connectivity index (χ0v) is 23.0. The van der Waals surface area contributed by atoms with E-state index >= 15 is 0 Å². The summed E-state index contributed by atoms with van der Waals surface area (Å²) in [5.74, 6) is 0. The fraction of sp³-hybridized carbons (Fsp3) is 0.600. The van der Waals surface area contributed by atoms with E-state index in [0.717, 1.165) is 13.1 Å². The minimum absolute atomic E-state index is 1.15. The van der Waals surface area contributed by atoms with Crippen LogP contribution in [0, 0.1) is 0 Å². The molecule has 2 aromatic carbocycles. The third kappa shape index (κ3) is 7.60. The van der Waals surface area contributed by atoms with E-state index in [-0.39, 0.29) is 0 Å². The van der Waals surface area contributed by atoms with Crippen LogP contribution in [0.25, 0.3) is 0 Å². The van der Waals surface area contributed by atoms with Crippen LogP contribution in [0.1, 0.15) is 91.9 Å². The molecule has 1 heterocycles. The van der Waals surface area contributed by atoms with Gasteiger partial charge in [0.15, 0.2) is 0 Å². The Morgan fingerprint density at radius 1 is 0.559 bits per heavy atom. The van der Waals surface area contributed by atoms with Crippen molar-refractivity contribution in [1.82, 2.24) is 0 Å². The molecule has 0 radical (unpaired) electrons. The lowest BCUT2D eigenvalue weighted by Crippen LogP contribution is -2.26. The van der Waals surface area contributed by atoms with Gasteiger partial charge in [-0.3, -0.25) is 0 Å². The van der Waals surface area contributed by atoms with Crippen molar-refractivity contribution in [2.45, 2.75) is 102 Å². The molecule has 0 unspecified atom stereocenters. The highest BCUT2D eigenvalue weighted by atomic mass is 32.2. The summed E-state index contributed by atoms with van der Waals surface area (Å²) < 4.78 is 0. The highest BCUT2D eigenvalue weighted by molar-refractivity contribution is 7.99. The van der Waals surface area contributed by atoms with Gasteiger partial charge in [0.05, 0.1) is 11.4 Å². The van der Waals surface area contributed by atoms with E-state index in [1.807, 2.05) is 11.8 Å². The number of anilines is 4. The Kier molecular flexibility index (Phi) is 11.5. The van der Waals surface area contributed by atoms with Gasteiger partial charge < -0.3 is 15.1 Å². The number of unbranched alkanes of at least 4 members (excludes halogenated alkanes) is 6. The normalized spacial score (nSPS) is 12.1. The summed E-state index contributed by atoms with van der Waals surface area (Å²) in [6, 6.07) is 14.0. The van der Waals surface area contributed by atoms with Gasteiger partial charge in [-0.25, -0.2) is 0 Å². The SMILES string of the molecule is CCCCCN(CCCCC)c1ccc2c(c1)Sc1cc(N(CCCC)CCCC)ccc1N2. The number of fused-ring (bicyclic) bond motifs is 2. The smallest absolute Gasteiger partial charge is 0.0527 e. The summed E-state index contributed by atoms with van der Waals surface area (Å²) in [5.41, 5.74) is 5.23. The summed E-state index contributed by atoms with van der Waals surface area (Å²) in [6.45, 7) is 13.8. The van der Waals surface area contributed by atoms with E-state index in [0.29, 0.717) is 0 Å². The van der Waals surface area contributed by atoms with Crippen molar-refractivity contribution in [3.63, 3.8) is 0 Å². The maximum absolute atomic E-state index is 3.71. The van der Waals surface area contributed by atoms with E-state index in [4.69, 9.17) is 0 Å². The molecule has 1 aliphatic rings.